The first-order chi connectivity index (χ1) is 10.8. The largest absolute Gasteiger partial charge is 0.374 e. The van der Waals surface area contributed by atoms with Gasteiger partial charge >= 0.3 is 0 Å². The first kappa shape index (κ1) is 18.5. The van der Waals surface area contributed by atoms with Crippen molar-refractivity contribution in [3.05, 3.63) is 25.3 Å². The Hall–Kier alpha value is -0.820. The molecule has 0 aliphatic carbocycles. The SMILES string of the molecule is C=CCNS(=O)(=O)C1OC1(COCC1CO1)S(=O)(=O)NCC=C. The molecule has 0 aromatic carbocycles. The molecule has 2 fully saturated rings. The highest BCUT2D eigenvalue weighted by Gasteiger charge is 2.72. The van der Waals surface area contributed by atoms with Crippen LogP contribution in [0.4, 0.5) is 0 Å². The number of ether oxygens (including phenoxy) is 3. The predicted octanol–water partition coefficient (Wildman–Crippen LogP) is -1.33. The lowest BCUT2D eigenvalue weighted by molar-refractivity contribution is 0.0907. The number of sulfonamides is 2. The highest BCUT2D eigenvalue weighted by Crippen LogP contribution is 2.44. The van der Waals surface area contributed by atoms with Gasteiger partial charge < -0.3 is 14.2 Å². The van der Waals surface area contributed by atoms with Gasteiger partial charge in [0, 0.05) is 13.1 Å². The zero-order valence-corrected chi connectivity index (χ0v) is 14.1. The third kappa shape index (κ3) is 4.18. The summed E-state index contributed by atoms with van der Waals surface area (Å²) in [7, 11) is -8.10. The summed E-state index contributed by atoms with van der Waals surface area (Å²) < 4.78 is 68.8. The average Bonchev–Trinajstić information content (AvgIpc) is 3.37. The van der Waals surface area contributed by atoms with Crippen LogP contribution in [0.25, 0.3) is 0 Å². The molecule has 9 nitrogen and oxygen atoms in total. The van der Waals surface area contributed by atoms with Gasteiger partial charge in [-0.15, -0.1) is 13.2 Å². The number of epoxide rings is 2. The molecule has 2 aliphatic rings. The molecule has 2 N–H and O–H groups in total. The van der Waals surface area contributed by atoms with Crippen molar-refractivity contribution in [1.82, 2.24) is 9.44 Å². The van der Waals surface area contributed by atoms with Crippen molar-refractivity contribution < 1.29 is 31.0 Å². The molecule has 0 radical (unpaired) electrons. The fourth-order valence-electron chi connectivity index (χ4n) is 1.86. The van der Waals surface area contributed by atoms with E-state index >= 15 is 0 Å². The van der Waals surface area contributed by atoms with Gasteiger partial charge in [-0.2, -0.15) is 0 Å². The zero-order valence-electron chi connectivity index (χ0n) is 12.4. The van der Waals surface area contributed by atoms with Crippen molar-refractivity contribution in [3.8, 4) is 0 Å². The highest BCUT2D eigenvalue weighted by molar-refractivity contribution is 7.95. The molecule has 0 amide bonds. The number of nitrogens with one attached hydrogen (secondary N) is 2. The van der Waals surface area contributed by atoms with E-state index in [2.05, 4.69) is 22.6 Å². The topological polar surface area (TPSA) is 127 Å². The lowest BCUT2D eigenvalue weighted by atomic mass is 10.5. The molecule has 2 rings (SSSR count). The van der Waals surface area contributed by atoms with Crippen LogP contribution in [-0.2, 0) is 34.3 Å². The Kier molecular flexibility index (Phi) is 5.61. The summed E-state index contributed by atoms with van der Waals surface area (Å²) in [6.07, 6.45) is 2.60. The maximum absolute atomic E-state index is 12.4. The second kappa shape index (κ2) is 6.97. The van der Waals surface area contributed by atoms with Gasteiger partial charge in [-0.1, -0.05) is 12.2 Å². The van der Waals surface area contributed by atoms with Gasteiger partial charge in [0.05, 0.1) is 19.8 Å². The maximum atomic E-state index is 12.4. The Bertz CT molecular complexity index is 657. The third-order valence-corrected chi connectivity index (χ3v) is 6.84. The first-order valence-electron chi connectivity index (χ1n) is 6.86. The predicted molar refractivity (Wildman–Crippen MR) is 82.4 cm³/mol. The monoisotopic (exact) mass is 368 g/mol. The Morgan fingerprint density at radius 1 is 1.17 bits per heavy atom. The van der Waals surface area contributed by atoms with Crippen molar-refractivity contribution in [2.75, 3.05) is 32.9 Å². The van der Waals surface area contributed by atoms with Gasteiger partial charge in [0.25, 0.3) is 0 Å². The molecule has 2 aliphatic heterocycles. The van der Waals surface area contributed by atoms with Crippen LogP contribution in [-0.4, -0.2) is 66.2 Å². The van der Waals surface area contributed by atoms with Crippen molar-refractivity contribution in [2.45, 2.75) is 16.5 Å². The van der Waals surface area contributed by atoms with E-state index in [4.69, 9.17) is 14.2 Å². The van der Waals surface area contributed by atoms with Gasteiger partial charge in [0.15, 0.2) is 0 Å². The molecule has 3 unspecified atom stereocenters. The normalized spacial score (nSPS) is 29.9. The summed E-state index contributed by atoms with van der Waals surface area (Å²) in [4.78, 5) is -1.99. The molecule has 2 saturated heterocycles. The molecule has 3 atom stereocenters. The summed E-state index contributed by atoms with van der Waals surface area (Å²) in [6.45, 7) is 7.02. The number of rotatable bonds is 12. The quantitative estimate of drug-likeness (QED) is 0.323. The van der Waals surface area contributed by atoms with E-state index < -0.39 is 37.0 Å². The summed E-state index contributed by atoms with van der Waals surface area (Å²) in [6, 6.07) is 0. The molecular formula is C12H20N2O7S2. The smallest absolute Gasteiger partial charge is 0.249 e. The van der Waals surface area contributed by atoms with E-state index in [-0.39, 0.29) is 25.8 Å². The Morgan fingerprint density at radius 3 is 2.35 bits per heavy atom. The third-order valence-electron chi connectivity index (χ3n) is 3.20. The molecule has 0 spiro atoms. The maximum Gasteiger partial charge on any atom is 0.249 e. The minimum Gasteiger partial charge on any atom is -0.374 e. The van der Waals surface area contributed by atoms with Crippen LogP contribution >= 0.6 is 0 Å². The molecular weight excluding hydrogens is 348 g/mol. The first-order valence-corrected chi connectivity index (χ1v) is 9.88. The van der Waals surface area contributed by atoms with Crippen LogP contribution < -0.4 is 9.44 Å². The molecule has 0 bridgehead atoms. The molecule has 0 aromatic rings. The standard InChI is InChI=1S/C12H20N2O7S2/c1-3-5-13-22(15,16)11-12(21-11,9-19-7-10-8-20-10)23(17,18)14-6-4-2/h3-4,10-11,13-14H,1-2,5-9H2. The van der Waals surface area contributed by atoms with Crippen LogP contribution in [0.2, 0.25) is 0 Å². The minimum atomic E-state index is -4.10. The van der Waals surface area contributed by atoms with E-state index in [1.165, 1.54) is 12.2 Å². The van der Waals surface area contributed by atoms with Crippen LogP contribution in [0.5, 0.6) is 0 Å². The van der Waals surface area contributed by atoms with Crippen molar-refractivity contribution in [3.63, 3.8) is 0 Å². The Morgan fingerprint density at radius 2 is 1.78 bits per heavy atom. The fourth-order valence-corrected chi connectivity index (χ4v) is 5.31. The average molecular weight is 368 g/mol. The summed E-state index contributed by atoms with van der Waals surface area (Å²) in [5, 5.41) is 0. The zero-order chi connectivity index (χ0) is 17.1. The van der Waals surface area contributed by atoms with Crippen molar-refractivity contribution in [1.29, 1.82) is 0 Å². The summed E-state index contributed by atoms with van der Waals surface area (Å²) >= 11 is 0. The summed E-state index contributed by atoms with van der Waals surface area (Å²) in [5.41, 5.74) is -1.56. The van der Waals surface area contributed by atoms with Crippen molar-refractivity contribution in [2.24, 2.45) is 0 Å². The number of hydrogen-bond acceptors (Lipinski definition) is 7. The Balaban J connectivity index is 2.12. The van der Waals surface area contributed by atoms with Crippen LogP contribution in [0, 0.1) is 0 Å². The van der Waals surface area contributed by atoms with E-state index in [0.29, 0.717) is 6.61 Å². The van der Waals surface area contributed by atoms with Gasteiger partial charge in [0.2, 0.25) is 30.4 Å². The van der Waals surface area contributed by atoms with Crippen molar-refractivity contribution >= 4 is 20.0 Å². The lowest BCUT2D eigenvalue weighted by Crippen LogP contribution is -2.45. The summed E-state index contributed by atoms with van der Waals surface area (Å²) in [5.74, 6) is 0. The van der Waals surface area contributed by atoms with Crippen LogP contribution in [0.15, 0.2) is 25.3 Å². The molecule has 132 valence electrons. The second-order valence-corrected chi connectivity index (χ2v) is 8.85. The van der Waals surface area contributed by atoms with E-state index in [9.17, 15) is 16.8 Å². The molecule has 23 heavy (non-hydrogen) atoms. The van der Waals surface area contributed by atoms with Crippen LogP contribution in [0.3, 0.4) is 0 Å². The van der Waals surface area contributed by atoms with Gasteiger partial charge in [-0.05, 0) is 0 Å². The fraction of sp³-hybridized carbons (Fsp3) is 0.667. The second-order valence-electron chi connectivity index (χ2n) is 5.05. The van der Waals surface area contributed by atoms with E-state index in [1.54, 1.807) is 0 Å². The van der Waals surface area contributed by atoms with Gasteiger partial charge in [0.1, 0.15) is 6.10 Å². The number of hydrogen-bond donors (Lipinski definition) is 2. The lowest BCUT2D eigenvalue weighted by Gasteiger charge is -2.14. The van der Waals surface area contributed by atoms with E-state index in [0.717, 1.165) is 0 Å². The highest BCUT2D eigenvalue weighted by atomic mass is 32.2. The molecule has 0 saturated carbocycles. The molecule has 2 heterocycles. The van der Waals surface area contributed by atoms with E-state index in [1.807, 2.05) is 0 Å². The Labute approximate surface area is 135 Å². The molecule has 11 heteroatoms. The van der Waals surface area contributed by atoms with Gasteiger partial charge in [-0.3, -0.25) is 0 Å². The van der Waals surface area contributed by atoms with Gasteiger partial charge in [-0.25, -0.2) is 26.3 Å². The minimum absolute atomic E-state index is 0.0326. The molecule has 0 aromatic heterocycles. The van der Waals surface area contributed by atoms with Crippen LogP contribution in [0.1, 0.15) is 0 Å².